The molecular formula is C18H31NO. The number of hydrogen-bond acceptors (Lipinski definition) is 2. The van der Waals surface area contributed by atoms with Crippen LogP contribution >= 0.6 is 0 Å². The van der Waals surface area contributed by atoms with Crippen LogP contribution in [-0.2, 0) is 4.79 Å². The number of nitrogens with two attached hydrogens (primary N) is 1. The van der Waals surface area contributed by atoms with Gasteiger partial charge in [0.2, 0.25) is 0 Å². The molecule has 0 heterocycles. The Balaban J connectivity index is 1.97. The molecule has 0 aromatic carbocycles. The fourth-order valence-corrected chi connectivity index (χ4v) is 3.87. The minimum Gasteiger partial charge on any atom is -0.402 e. The van der Waals surface area contributed by atoms with Crippen molar-refractivity contribution in [2.45, 2.75) is 72.1 Å². The fourth-order valence-electron chi connectivity index (χ4n) is 3.87. The van der Waals surface area contributed by atoms with Gasteiger partial charge in [-0.1, -0.05) is 59.0 Å². The lowest BCUT2D eigenvalue weighted by atomic mass is 9.70. The third kappa shape index (κ3) is 4.10. The van der Waals surface area contributed by atoms with Crippen molar-refractivity contribution < 1.29 is 4.79 Å². The number of Topliss-reactive ketones (excluding diaryl/α,β-unsaturated/α-hetero) is 1. The van der Waals surface area contributed by atoms with Crippen molar-refractivity contribution >= 4 is 5.78 Å². The first kappa shape index (κ1) is 15.6. The van der Waals surface area contributed by atoms with Crippen molar-refractivity contribution in [1.82, 2.24) is 0 Å². The first-order valence-electron chi connectivity index (χ1n) is 8.35. The molecule has 20 heavy (non-hydrogen) atoms. The van der Waals surface area contributed by atoms with E-state index >= 15 is 0 Å². The van der Waals surface area contributed by atoms with Crippen LogP contribution in [0.3, 0.4) is 0 Å². The molecule has 2 aliphatic rings. The van der Waals surface area contributed by atoms with Crippen LogP contribution < -0.4 is 5.73 Å². The lowest BCUT2D eigenvalue weighted by Crippen LogP contribution is -2.29. The Kier molecular flexibility index (Phi) is 4.93. The molecule has 114 valence electrons. The highest BCUT2D eigenvalue weighted by molar-refractivity contribution is 5.84. The average Bonchev–Trinajstić information content (AvgIpc) is 2.38. The number of rotatable bonds is 3. The predicted molar refractivity (Wildman–Crippen MR) is 84.1 cm³/mol. The summed E-state index contributed by atoms with van der Waals surface area (Å²) in [7, 11) is 0. The van der Waals surface area contributed by atoms with Crippen molar-refractivity contribution in [1.29, 1.82) is 0 Å². The van der Waals surface area contributed by atoms with Gasteiger partial charge in [0.25, 0.3) is 0 Å². The first-order valence-corrected chi connectivity index (χ1v) is 8.35. The Hall–Kier alpha value is -0.790. The van der Waals surface area contributed by atoms with Crippen LogP contribution in [0.2, 0.25) is 0 Å². The van der Waals surface area contributed by atoms with E-state index in [1.54, 1.807) is 0 Å². The zero-order valence-electron chi connectivity index (χ0n) is 13.5. The molecule has 2 aliphatic carbocycles. The number of ketones is 1. The fraction of sp³-hybridized carbons (Fsp3) is 0.833. The Labute approximate surface area is 124 Å². The van der Waals surface area contributed by atoms with E-state index in [0.29, 0.717) is 18.1 Å². The molecule has 2 atom stereocenters. The Morgan fingerprint density at radius 2 is 1.85 bits per heavy atom. The van der Waals surface area contributed by atoms with Gasteiger partial charge in [0, 0.05) is 17.5 Å². The van der Waals surface area contributed by atoms with Crippen LogP contribution in [0.25, 0.3) is 0 Å². The minimum absolute atomic E-state index is 0.222. The maximum absolute atomic E-state index is 12.3. The smallest absolute Gasteiger partial charge is 0.138 e. The Morgan fingerprint density at radius 1 is 1.20 bits per heavy atom. The lowest BCUT2D eigenvalue weighted by molar-refractivity contribution is -0.127. The van der Waals surface area contributed by atoms with Gasteiger partial charge in [-0.3, -0.25) is 4.79 Å². The topological polar surface area (TPSA) is 43.1 Å². The van der Waals surface area contributed by atoms with Crippen LogP contribution in [0.1, 0.15) is 72.1 Å². The van der Waals surface area contributed by atoms with Crippen molar-refractivity contribution in [3.63, 3.8) is 0 Å². The second-order valence-corrected chi connectivity index (χ2v) is 7.98. The third-order valence-electron chi connectivity index (χ3n) is 5.15. The number of hydrogen-bond donors (Lipinski definition) is 1. The summed E-state index contributed by atoms with van der Waals surface area (Å²) in [6.07, 6.45) is 12.0. The summed E-state index contributed by atoms with van der Waals surface area (Å²) in [5.74, 6) is 2.32. The van der Waals surface area contributed by atoms with Crippen LogP contribution in [0.15, 0.2) is 11.8 Å². The maximum Gasteiger partial charge on any atom is 0.138 e. The second kappa shape index (κ2) is 6.32. The molecular weight excluding hydrogens is 246 g/mol. The minimum atomic E-state index is -0.222. The molecule has 2 nitrogen and oxygen atoms in total. The highest BCUT2D eigenvalue weighted by Crippen LogP contribution is 2.40. The van der Waals surface area contributed by atoms with Gasteiger partial charge >= 0.3 is 0 Å². The van der Waals surface area contributed by atoms with Gasteiger partial charge < -0.3 is 5.73 Å². The quantitative estimate of drug-likeness (QED) is 0.828. The Bertz CT molecular complexity index is 371. The highest BCUT2D eigenvalue weighted by atomic mass is 16.1. The summed E-state index contributed by atoms with van der Waals surface area (Å²) in [6, 6.07) is 0. The van der Waals surface area contributed by atoms with Gasteiger partial charge in [0.15, 0.2) is 0 Å². The van der Waals surface area contributed by atoms with E-state index in [9.17, 15) is 4.79 Å². The summed E-state index contributed by atoms with van der Waals surface area (Å²) >= 11 is 0. The molecule has 0 aliphatic heterocycles. The molecule has 0 saturated heterocycles. The van der Waals surface area contributed by atoms with E-state index in [1.165, 1.54) is 38.5 Å². The molecule has 0 spiro atoms. The second-order valence-electron chi connectivity index (χ2n) is 7.98. The standard InChI is InChI=1S/C18H31NO/c1-18(2,3)17(20)11-13-9-15(12-16(19)10-13)14-7-5-4-6-8-14/h10,13-15H,4-9,11-12,19H2,1-3H3/t13-,15?/m0/s1. The van der Waals surface area contributed by atoms with Crippen LogP contribution in [0, 0.1) is 23.2 Å². The van der Waals surface area contributed by atoms with Crippen LogP contribution in [-0.4, -0.2) is 5.78 Å². The van der Waals surface area contributed by atoms with Gasteiger partial charge in [0.1, 0.15) is 5.78 Å². The summed E-state index contributed by atoms with van der Waals surface area (Å²) < 4.78 is 0. The first-order chi connectivity index (χ1) is 9.36. The van der Waals surface area contributed by atoms with Crippen molar-refractivity contribution in [3.8, 4) is 0 Å². The summed E-state index contributed by atoms with van der Waals surface area (Å²) in [5, 5.41) is 0. The van der Waals surface area contributed by atoms with E-state index < -0.39 is 0 Å². The van der Waals surface area contributed by atoms with Gasteiger partial charge in [-0.15, -0.1) is 0 Å². The predicted octanol–water partition coefficient (Wildman–Crippen LogP) is 4.44. The molecule has 1 fully saturated rings. The zero-order chi connectivity index (χ0) is 14.8. The van der Waals surface area contributed by atoms with E-state index in [4.69, 9.17) is 5.73 Å². The highest BCUT2D eigenvalue weighted by Gasteiger charge is 2.31. The summed E-state index contributed by atoms with van der Waals surface area (Å²) in [4.78, 5) is 12.3. The molecule has 0 radical (unpaired) electrons. The monoisotopic (exact) mass is 277 g/mol. The molecule has 1 saturated carbocycles. The summed E-state index contributed by atoms with van der Waals surface area (Å²) in [6.45, 7) is 6.05. The largest absolute Gasteiger partial charge is 0.402 e. The maximum atomic E-state index is 12.3. The molecule has 2 rings (SSSR count). The zero-order valence-corrected chi connectivity index (χ0v) is 13.5. The summed E-state index contributed by atoms with van der Waals surface area (Å²) in [5.41, 5.74) is 6.96. The number of carbonyl (C=O) groups excluding carboxylic acids is 1. The molecule has 2 N–H and O–H groups in total. The normalized spacial score (nSPS) is 29.1. The molecule has 0 aromatic heterocycles. The van der Waals surface area contributed by atoms with Gasteiger partial charge in [0.05, 0.1) is 0 Å². The van der Waals surface area contributed by atoms with Crippen molar-refractivity contribution in [2.75, 3.05) is 0 Å². The number of allylic oxidation sites excluding steroid dienone is 2. The average molecular weight is 277 g/mol. The number of carbonyl (C=O) groups is 1. The molecule has 2 heteroatoms. The van der Waals surface area contributed by atoms with Gasteiger partial charge in [-0.05, 0) is 30.6 Å². The molecule has 0 bridgehead atoms. The van der Waals surface area contributed by atoms with Crippen molar-refractivity contribution in [3.05, 3.63) is 11.8 Å². The van der Waals surface area contributed by atoms with E-state index in [1.807, 2.05) is 20.8 Å². The van der Waals surface area contributed by atoms with E-state index in [0.717, 1.165) is 24.0 Å². The molecule has 1 unspecified atom stereocenters. The molecule has 0 amide bonds. The lowest BCUT2D eigenvalue weighted by Gasteiger charge is -2.35. The van der Waals surface area contributed by atoms with E-state index in [-0.39, 0.29) is 5.41 Å². The van der Waals surface area contributed by atoms with Crippen LogP contribution in [0.4, 0.5) is 0 Å². The SMILES string of the molecule is CC(C)(C)C(=O)C[C@@H]1C=C(N)CC(C2CCCCC2)C1. The van der Waals surface area contributed by atoms with Crippen LogP contribution in [0.5, 0.6) is 0 Å². The van der Waals surface area contributed by atoms with Gasteiger partial charge in [-0.2, -0.15) is 0 Å². The Morgan fingerprint density at radius 3 is 2.45 bits per heavy atom. The van der Waals surface area contributed by atoms with E-state index in [2.05, 4.69) is 6.08 Å². The third-order valence-corrected chi connectivity index (χ3v) is 5.15. The van der Waals surface area contributed by atoms with Crippen molar-refractivity contribution in [2.24, 2.45) is 28.9 Å². The molecule has 0 aromatic rings. The van der Waals surface area contributed by atoms with Gasteiger partial charge in [-0.25, -0.2) is 0 Å².